The summed E-state index contributed by atoms with van der Waals surface area (Å²) in [6, 6.07) is 13.5. The van der Waals surface area contributed by atoms with Gasteiger partial charge in [-0.25, -0.2) is 4.98 Å². The summed E-state index contributed by atoms with van der Waals surface area (Å²) in [4.78, 5) is 41.6. The second-order valence-corrected chi connectivity index (χ2v) is 8.26. The van der Waals surface area contributed by atoms with E-state index in [2.05, 4.69) is 31.1 Å². The Morgan fingerprint density at radius 3 is 2.17 bits per heavy atom. The first kappa shape index (κ1) is 20.5. The number of benzene rings is 2. The number of hydrogen-bond donors (Lipinski definition) is 1. The Balaban J connectivity index is 2.12. The van der Waals surface area contributed by atoms with Gasteiger partial charge in [0.1, 0.15) is 0 Å². The molecule has 1 atom stereocenters. The Bertz CT molecular complexity index is 1090. The minimum absolute atomic E-state index is 0.0236. The molecule has 3 rings (SSSR count). The number of nitrogens with one attached hydrogen (secondary N) is 1. The summed E-state index contributed by atoms with van der Waals surface area (Å²) < 4.78 is 1.92. The first-order valence-electron chi connectivity index (χ1n) is 9.53. The van der Waals surface area contributed by atoms with Crippen molar-refractivity contribution < 1.29 is 14.4 Å². The molecular weight excluding hydrogens is 366 g/mol. The molecule has 6 heteroatoms. The van der Waals surface area contributed by atoms with Crippen molar-refractivity contribution in [2.24, 2.45) is 5.41 Å². The quantitative estimate of drug-likeness (QED) is 0.506. The molecule has 1 amide bonds. The van der Waals surface area contributed by atoms with Crippen molar-refractivity contribution in [3.05, 3.63) is 59.7 Å². The van der Waals surface area contributed by atoms with Gasteiger partial charge < -0.3 is 4.57 Å². The number of rotatable bonds is 5. The molecule has 1 unspecified atom stereocenters. The summed E-state index contributed by atoms with van der Waals surface area (Å²) in [7, 11) is 0. The van der Waals surface area contributed by atoms with Gasteiger partial charge in [-0.3, -0.25) is 19.7 Å². The smallest absolute Gasteiger partial charge is 0.233 e. The zero-order valence-corrected chi connectivity index (χ0v) is 17.3. The van der Waals surface area contributed by atoms with E-state index in [-0.39, 0.29) is 17.4 Å². The van der Waals surface area contributed by atoms with Gasteiger partial charge in [0.2, 0.25) is 23.4 Å². The minimum atomic E-state index is -0.574. The molecule has 0 radical (unpaired) electrons. The van der Waals surface area contributed by atoms with Crippen LogP contribution in [0.5, 0.6) is 0 Å². The fourth-order valence-corrected chi connectivity index (χ4v) is 3.11. The molecule has 0 aliphatic heterocycles. The van der Waals surface area contributed by atoms with Gasteiger partial charge in [0, 0.05) is 24.1 Å². The number of aromatic nitrogens is 2. The average Bonchev–Trinajstić information content (AvgIpc) is 3.02. The van der Waals surface area contributed by atoms with Gasteiger partial charge in [0.15, 0.2) is 0 Å². The largest absolute Gasteiger partial charge is 0.307 e. The maximum absolute atomic E-state index is 12.8. The van der Waals surface area contributed by atoms with Gasteiger partial charge in [-0.05, 0) is 30.5 Å². The van der Waals surface area contributed by atoms with Gasteiger partial charge >= 0.3 is 0 Å². The number of nitrogens with zero attached hydrogens (tertiary/aromatic N) is 2. The number of hydrogen-bond acceptors (Lipinski definition) is 4. The highest BCUT2D eigenvalue weighted by Gasteiger charge is 2.27. The van der Waals surface area contributed by atoms with Crippen LogP contribution in [0.4, 0.5) is 5.95 Å². The average molecular weight is 391 g/mol. The van der Waals surface area contributed by atoms with Crippen LogP contribution in [0.25, 0.3) is 11.0 Å². The first-order valence-corrected chi connectivity index (χ1v) is 9.53. The fourth-order valence-electron chi connectivity index (χ4n) is 3.11. The maximum atomic E-state index is 12.8. The van der Waals surface area contributed by atoms with Crippen molar-refractivity contribution in [1.82, 2.24) is 9.55 Å². The van der Waals surface area contributed by atoms with Crippen molar-refractivity contribution in [2.45, 2.75) is 40.7 Å². The number of carbonyl (C=O) groups is 3. The van der Waals surface area contributed by atoms with E-state index in [1.807, 2.05) is 11.5 Å². The van der Waals surface area contributed by atoms with Crippen molar-refractivity contribution in [3.63, 3.8) is 0 Å². The molecule has 2 aromatic carbocycles. The third kappa shape index (κ3) is 4.11. The summed E-state index contributed by atoms with van der Waals surface area (Å²) in [5.74, 6) is -0.926. The third-order valence-electron chi connectivity index (χ3n) is 5.12. The predicted octanol–water partition coefficient (Wildman–Crippen LogP) is 4.67. The SMILES string of the molecule is CC(=O)Nc1nc2ccc(C(=O)C(=O)c3ccccc3)cc2n1C(C)C(C)(C)C. The molecule has 0 spiro atoms. The van der Waals surface area contributed by atoms with Gasteiger partial charge in [-0.1, -0.05) is 51.1 Å². The number of fused-ring (bicyclic) bond motifs is 1. The van der Waals surface area contributed by atoms with Crippen LogP contribution in [-0.4, -0.2) is 27.0 Å². The minimum Gasteiger partial charge on any atom is -0.307 e. The Morgan fingerprint density at radius 1 is 0.966 bits per heavy atom. The Morgan fingerprint density at radius 2 is 1.59 bits per heavy atom. The zero-order valence-electron chi connectivity index (χ0n) is 17.3. The number of ketones is 2. The van der Waals surface area contributed by atoms with Crippen molar-refractivity contribution in [1.29, 1.82) is 0 Å². The van der Waals surface area contributed by atoms with Gasteiger partial charge in [-0.2, -0.15) is 0 Å². The highest BCUT2D eigenvalue weighted by atomic mass is 16.2. The van der Waals surface area contributed by atoms with E-state index in [1.54, 1.807) is 48.5 Å². The highest BCUT2D eigenvalue weighted by molar-refractivity contribution is 6.49. The third-order valence-corrected chi connectivity index (χ3v) is 5.12. The molecule has 6 nitrogen and oxygen atoms in total. The van der Waals surface area contributed by atoms with Crippen molar-refractivity contribution in [2.75, 3.05) is 5.32 Å². The summed E-state index contributed by atoms with van der Waals surface area (Å²) in [6.45, 7) is 9.74. The number of Topliss-reactive ketones (excluding diaryl/α,β-unsaturated/α-hetero) is 2. The van der Waals surface area contributed by atoms with Crippen LogP contribution < -0.4 is 5.32 Å². The lowest BCUT2D eigenvalue weighted by Crippen LogP contribution is -2.24. The molecule has 1 aromatic heterocycles. The molecule has 150 valence electrons. The molecule has 0 saturated heterocycles. The van der Waals surface area contributed by atoms with E-state index in [9.17, 15) is 14.4 Å². The van der Waals surface area contributed by atoms with Gasteiger partial charge in [0.25, 0.3) is 0 Å². The van der Waals surface area contributed by atoms with E-state index >= 15 is 0 Å². The van der Waals surface area contributed by atoms with E-state index in [0.29, 0.717) is 28.1 Å². The van der Waals surface area contributed by atoms with Crippen LogP contribution in [0.1, 0.15) is 61.4 Å². The van der Waals surface area contributed by atoms with E-state index in [0.717, 1.165) is 0 Å². The predicted molar refractivity (Wildman–Crippen MR) is 113 cm³/mol. The monoisotopic (exact) mass is 391 g/mol. The Hall–Kier alpha value is -3.28. The number of amides is 1. The lowest BCUT2D eigenvalue weighted by atomic mass is 9.87. The van der Waals surface area contributed by atoms with Crippen LogP contribution >= 0.6 is 0 Å². The van der Waals surface area contributed by atoms with Gasteiger partial charge in [-0.15, -0.1) is 0 Å². The molecule has 0 saturated carbocycles. The van der Waals surface area contributed by atoms with E-state index in [4.69, 9.17) is 0 Å². The van der Waals surface area contributed by atoms with Crippen LogP contribution in [0, 0.1) is 5.41 Å². The van der Waals surface area contributed by atoms with Crippen molar-refractivity contribution in [3.8, 4) is 0 Å². The molecule has 1 heterocycles. The molecular formula is C23H25N3O3. The summed E-state index contributed by atoms with van der Waals surface area (Å²) in [5.41, 5.74) is 1.87. The van der Waals surface area contributed by atoms with Crippen LogP contribution in [-0.2, 0) is 4.79 Å². The lowest BCUT2D eigenvalue weighted by Gasteiger charge is -2.30. The van der Waals surface area contributed by atoms with Crippen LogP contribution in [0.2, 0.25) is 0 Å². The number of anilines is 1. The summed E-state index contributed by atoms with van der Waals surface area (Å²) in [6.07, 6.45) is 0. The summed E-state index contributed by atoms with van der Waals surface area (Å²) in [5, 5.41) is 2.77. The molecule has 0 aliphatic carbocycles. The molecule has 0 aliphatic rings. The van der Waals surface area contributed by atoms with Crippen molar-refractivity contribution >= 4 is 34.5 Å². The molecule has 0 bridgehead atoms. The lowest BCUT2D eigenvalue weighted by molar-refractivity contribution is -0.114. The van der Waals surface area contributed by atoms with Gasteiger partial charge in [0.05, 0.1) is 11.0 Å². The van der Waals surface area contributed by atoms with Crippen LogP contribution in [0.15, 0.2) is 48.5 Å². The standard InChI is InChI=1S/C23H25N3O3/c1-14(23(3,4)5)26-19-13-17(11-12-18(19)25-22(26)24-15(2)27)21(29)20(28)16-9-7-6-8-10-16/h6-14H,1-5H3,(H,24,25,27). The highest BCUT2D eigenvalue weighted by Crippen LogP contribution is 2.36. The second kappa shape index (κ2) is 7.62. The van der Waals surface area contributed by atoms with Crippen LogP contribution in [0.3, 0.4) is 0 Å². The summed E-state index contributed by atoms with van der Waals surface area (Å²) >= 11 is 0. The molecule has 0 fully saturated rings. The Kier molecular flexibility index (Phi) is 5.38. The molecule has 1 N–H and O–H groups in total. The molecule has 3 aromatic rings. The second-order valence-electron chi connectivity index (χ2n) is 8.26. The normalized spacial score (nSPS) is 12.6. The Labute approximate surface area is 169 Å². The number of carbonyl (C=O) groups excluding carboxylic acids is 3. The van der Waals surface area contributed by atoms with E-state index in [1.165, 1.54) is 6.92 Å². The topological polar surface area (TPSA) is 81.1 Å². The van der Waals surface area contributed by atoms with E-state index < -0.39 is 11.6 Å². The zero-order chi connectivity index (χ0) is 21.3. The number of imidazole rings is 1. The first-order chi connectivity index (χ1) is 13.6. The maximum Gasteiger partial charge on any atom is 0.233 e. The fraction of sp³-hybridized carbons (Fsp3) is 0.304. The molecule has 29 heavy (non-hydrogen) atoms.